The Balaban J connectivity index is 0.000000180. The van der Waals surface area contributed by atoms with Crippen LogP contribution in [-0.4, -0.2) is 44.7 Å². The molecule has 2 unspecified atom stereocenters. The van der Waals surface area contributed by atoms with E-state index in [9.17, 15) is 9.59 Å². The highest BCUT2D eigenvalue weighted by atomic mass is 16.7. The maximum atomic E-state index is 10.5. The Hall–Kier alpha value is -1.14. The van der Waals surface area contributed by atoms with Gasteiger partial charge in [-0.2, -0.15) is 0 Å². The first-order chi connectivity index (χ1) is 8.49. The van der Waals surface area contributed by atoms with Crippen molar-refractivity contribution in [2.24, 2.45) is 0 Å². The van der Waals surface area contributed by atoms with Crippen molar-refractivity contribution >= 4 is 11.9 Å². The van der Waals surface area contributed by atoms with Gasteiger partial charge in [-0.1, -0.05) is 0 Å². The van der Waals surface area contributed by atoms with E-state index in [4.69, 9.17) is 18.9 Å². The van der Waals surface area contributed by atoms with Gasteiger partial charge in [0.25, 0.3) is 0 Å². The Labute approximate surface area is 107 Å². The maximum Gasteiger partial charge on any atom is 0.308 e. The van der Waals surface area contributed by atoms with Crippen molar-refractivity contribution in [3.8, 4) is 0 Å². The number of cyclic esters (lactones) is 2. The fourth-order valence-corrected chi connectivity index (χ4v) is 1.67. The fraction of sp³-hybridized carbons (Fsp3) is 0.833. The van der Waals surface area contributed by atoms with Gasteiger partial charge in [0.1, 0.15) is 0 Å². The summed E-state index contributed by atoms with van der Waals surface area (Å²) in [7, 11) is 3.15. The molecule has 0 spiro atoms. The normalized spacial score (nSPS) is 31.2. The molecule has 0 aromatic rings. The second-order valence-corrected chi connectivity index (χ2v) is 4.38. The quantitative estimate of drug-likeness (QED) is 0.690. The molecule has 2 atom stereocenters. The van der Waals surface area contributed by atoms with Crippen LogP contribution in [0, 0.1) is 0 Å². The lowest BCUT2D eigenvalue weighted by atomic mass is 10.1. The monoisotopic (exact) mass is 260 g/mol. The summed E-state index contributed by atoms with van der Waals surface area (Å²) in [5.41, 5.74) is 0. The molecule has 0 aromatic carbocycles. The Morgan fingerprint density at radius 2 is 2.00 bits per heavy atom. The minimum absolute atomic E-state index is 0.0891. The van der Waals surface area contributed by atoms with Crippen LogP contribution in [0.5, 0.6) is 0 Å². The Kier molecular flexibility index (Phi) is 5.55. The lowest BCUT2D eigenvalue weighted by Crippen LogP contribution is -2.26. The van der Waals surface area contributed by atoms with Gasteiger partial charge < -0.3 is 18.9 Å². The summed E-state index contributed by atoms with van der Waals surface area (Å²) < 4.78 is 19.4. The van der Waals surface area contributed by atoms with E-state index < -0.39 is 5.79 Å². The molecular weight excluding hydrogens is 240 g/mol. The maximum absolute atomic E-state index is 10.5. The Bertz CT molecular complexity index is 301. The third kappa shape index (κ3) is 4.62. The van der Waals surface area contributed by atoms with Gasteiger partial charge in [0, 0.05) is 34.0 Å². The minimum Gasteiger partial charge on any atom is -0.465 e. The number of esters is 2. The summed E-state index contributed by atoms with van der Waals surface area (Å²) in [5, 5.41) is 0. The molecule has 2 fully saturated rings. The van der Waals surface area contributed by atoms with Gasteiger partial charge in [-0.05, 0) is 0 Å². The van der Waals surface area contributed by atoms with Gasteiger partial charge in [0.2, 0.25) is 5.79 Å². The van der Waals surface area contributed by atoms with E-state index in [1.807, 2.05) is 0 Å². The molecule has 0 bridgehead atoms. The Morgan fingerprint density at radius 3 is 2.33 bits per heavy atom. The molecule has 2 rings (SSSR count). The van der Waals surface area contributed by atoms with Crippen LogP contribution in [-0.2, 0) is 28.5 Å². The largest absolute Gasteiger partial charge is 0.465 e. The van der Waals surface area contributed by atoms with Crippen LogP contribution < -0.4 is 0 Å². The highest BCUT2D eigenvalue weighted by Gasteiger charge is 2.35. The Morgan fingerprint density at radius 1 is 1.28 bits per heavy atom. The number of hydrogen-bond donors (Lipinski definition) is 0. The van der Waals surface area contributed by atoms with Crippen LogP contribution in [0.25, 0.3) is 0 Å². The summed E-state index contributed by atoms with van der Waals surface area (Å²) in [6.07, 6.45) is 2.48. The highest BCUT2D eigenvalue weighted by Crippen LogP contribution is 2.25. The summed E-state index contributed by atoms with van der Waals surface area (Å²) >= 11 is 0. The first-order valence-electron chi connectivity index (χ1n) is 5.94. The van der Waals surface area contributed by atoms with Crippen LogP contribution in [0.4, 0.5) is 0 Å². The molecule has 2 saturated heterocycles. The number of carbonyl (C=O) groups excluding carboxylic acids is 2. The van der Waals surface area contributed by atoms with Gasteiger partial charge >= 0.3 is 11.9 Å². The first-order valence-corrected chi connectivity index (χ1v) is 5.94. The van der Waals surface area contributed by atoms with Crippen molar-refractivity contribution in [3.63, 3.8) is 0 Å². The SMILES string of the molecule is COC1(C)CCC(=O)O1.COC1CCOC(=O)C1. The van der Waals surface area contributed by atoms with Crippen molar-refractivity contribution in [3.05, 3.63) is 0 Å². The van der Waals surface area contributed by atoms with Crippen molar-refractivity contribution in [1.82, 2.24) is 0 Å². The van der Waals surface area contributed by atoms with E-state index in [1.54, 1.807) is 21.1 Å². The molecular formula is C12H20O6. The number of hydrogen-bond acceptors (Lipinski definition) is 6. The van der Waals surface area contributed by atoms with Gasteiger partial charge in [-0.15, -0.1) is 0 Å². The van der Waals surface area contributed by atoms with Crippen LogP contribution >= 0.6 is 0 Å². The summed E-state index contributed by atoms with van der Waals surface area (Å²) in [6, 6.07) is 0. The van der Waals surface area contributed by atoms with Gasteiger partial charge in [-0.25, -0.2) is 0 Å². The molecule has 2 heterocycles. The van der Waals surface area contributed by atoms with Crippen molar-refractivity contribution in [2.45, 2.75) is 44.5 Å². The molecule has 0 aliphatic carbocycles. The molecule has 2 aliphatic rings. The summed E-state index contributed by atoms with van der Waals surface area (Å²) in [4.78, 5) is 21.0. The third-order valence-electron chi connectivity index (χ3n) is 2.98. The van der Waals surface area contributed by atoms with E-state index in [1.165, 1.54) is 0 Å². The van der Waals surface area contributed by atoms with Crippen LogP contribution in [0.1, 0.15) is 32.6 Å². The second kappa shape index (κ2) is 6.70. The van der Waals surface area contributed by atoms with Crippen molar-refractivity contribution < 1.29 is 28.5 Å². The highest BCUT2D eigenvalue weighted by molar-refractivity contribution is 5.71. The van der Waals surface area contributed by atoms with Crippen molar-refractivity contribution in [1.29, 1.82) is 0 Å². The molecule has 104 valence electrons. The molecule has 0 N–H and O–H groups in total. The molecule has 0 saturated carbocycles. The average molecular weight is 260 g/mol. The van der Waals surface area contributed by atoms with Crippen molar-refractivity contribution in [2.75, 3.05) is 20.8 Å². The summed E-state index contributed by atoms with van der Waals surface area (Å²) in [5.74, 6) is -0.954. The predicted molar refractivity (Wildman–Crippen MR) is 61.7 cm³/mol. The van der Waals surface area contributed by atoms with Crippen LogP contribution in [0.3, 0.4) is 0 Å². The number of carbonyl (C=O) groups is 2. The third-order valence-corrected chi connectivity index (χ3v) is 2.98. The number of ether oxygens (including phenoxy) is 4. The van der Waals surface area contributed by atoms with E-state index in [2.05, 4.69) is 0 Å². The van der Waals surface area contributed by atoms with E-state index in [0.29, 0.717) is 25.9 Å². The second-order valence-electron chi connectivity index (χ2n) is 4.38. The molecule has 6 nitrogen and oxygen atoms in total. The molecule has 6 heteroatoms. The van der Waals surface area contributed by atoms with E-state index in [0.717, 1.165) is 6.42 Å². The van der Waals surface area contributed by atoms with Crippen LogP contribution in [0.2, 0.25) is 0 Å². The lowest BCUT2D eigenvalue weighted by Gasteiger charge is -2.19. The zero-order valence-electron chi connectivity index (χ0n) is 11.1. The molecule has 0 aromatic heterocycles. The van der Waals surface area contributed by atoms with Gasteiger partial charge in [0.15, 0.2) is 0 Å². The minimum atomic E-state index is -0.642. The molecule has 2 aliphatic heterocycles. The van der Waals surface area contributed by atoms with Gasteiger partial charge in [0.05, 0.1) is 25.6 Å². The standard InChI is InChI=1S/2C6H10O3/c1-6(8-2)4-3-5(7)9-6;1-8-5-2-3-9-6(7)4-5/h3-4H2,1-2H3;5H,2-4H2,1H3. The summed E-state index contributed by atoms with van der Waals surface area (Å²) in [6.45, 7) is 2.27. The lowest BCUT2D eigenvalue weighted by molar-refractivity contribution is -0.192. The average Bonchev–Trinajstić information content (AvgIpc) is 2.71. The zero-order valence-corrected chi connectivity index (χ0v) is 11.1. The molecule has 0 radical (unpaired) electrons. The predicted octanol–water partition coefficient (Wildman–Crippen LogP) is 1.02. The smallest absolute Gasteiger partial charge is 0.308 e. The van der Waals surface area contributed by atoms with E-state index in [-0.39, 0.29) is 18.0 Å². The topological polar surface area (TPSA) is 71.1 Å². The van der Waals surface area contributed by atoms with Gasteiger partial charge in [-0.3, -0.25) is 9.59 Å². The zero-order chi connectivity index (χ0) is 13.6. The molecule has 18 heavy (non-hydrogen) atoms. The fourth-order valence-electron chi connectivity index (χ4n) is 1.67. The van der Waals surface area contributed by atoms with Crippen LogP contribution in [0.15, 0.2) is 0 Å². The first kappa shape index (κ1) is 14.9. The number of methoxy groups -OCH3 is 2. The molecule has 0 amide bonds. The van der Waals surface area contributed by atoms with E-state index >= 15 is 0 Å². The number of rotatable bonds is 2.